The van der Waals surface area contributed by atoms with E-state index in [1.165, 1.54) is 44.5 Å². The van der Waals surface area contributed by atoms with E-state index >= 15 is 0 Å². The number of benzene rings is 2. The number of aliphatic carboxylic acids is 2. The lowest BCUT2D eigenvalue weighted by atomic mass is 9.91. The Kier molecular flexibility index (Phi) is 9.22. The third-order valence-electron chi connectivity index (χ3n) is 6.00. The van der Waals surface area contributed by atoms with Gasteiger partial charge in [0.2, 0.25) is 0 Å². The topological polar surface area (TPSA) is 130 Å². The van der Waals surface area contributed by atoms with Gasteiger partial charge < -0.3 is 25.4 Å². The highest BCUT2D eigenvalue weighted by molar-refractivity contribution is 5.89. The molecule has 0 bridgehead atoms. The summed E-state index contributed by atoms with van der Waals surface area (Å²) < 4.78 is 5.42. The van der Waals surface area contributed by atoms with Gasteiger partial charge in [0, 0.05) is 35.8 Å². The van der Waals surface area contributed by atoms with Crippen LogP contribution in [0.15, 0.2) is 65.2 Å². The summed E-state index contributed by atoms with van der Waals surface area (Å²) in [6.45, 7) is 3.60. The zero-order chi connectivity index (χ0) is 24.3. The molecule has 0 spiro atoms. The molecule has 8 heteroatoms. The SMILES string of the molecule is Nc1ccc2c(CCC3CCN(CCc4ccccc4)CC3)noc2c1.O=C(O)/C=C\C(=O)O. The fourth-order valence-corrected chi connectivity index (χ4v) is 4.10. The van der Waals surface area contributed by atoms with Crippen molar-refractivity contribution in [3.05, 3.63) is 71.9 Å². The fraction of sp³-hybridized carbons (Fsp3) is 0.346. The largest absolute Gasteiger partial charge is 0.478 e. The maximum absolute atomic E-state index is 9.55. The van der Waals surface area contributed by atoms with E-state index in [1.807, 2.05) is 18.2 Å². The number of rotatable bonds is 8. The van der Waals surface area contributed by atoms with E-state index in [4.69, 9.17) is 20.5 Å². The number of carbonyl (C=O) groups is 2. The first-order valence-electron chi connectivity index (χ1n) is 11.4. The molecule has 0 amide bonds. The second-order valence-corrected chi connectivity index (χ2v) is 8.45. The lowest BCUT2D eigenvalue weighted by Gasteiger charge is -2.31. The summed E-state index contributed by atoms with van der Waals surface area (Å²) in [6, 6.07) is 16.6. The number of carboxylic acids is 2. The average Bonchev–Trinajstić information content (AvgIpc) is 3.24. The van der Waals surface area contributed by atoms with Crippen LogP contribution in [0.5, 0.6) is 0 Å². The Labute approximate surface area is 198 Å². The molecule has 0 saturated carbocycles. The monoisotopic (exact) mass is 465 g/mol. The molecule has 3 aromatic rings. The van der Waals surface area contributed by atoms with E-state index in [2.05, 4.69) is 40.4 Å². The van der Waals surface area contributed by atoms with Crippen molar-refractivity contribution in [2.24, 2.45) is 5.92 Å². The van der Waals surface area contributed by atoms with Gasteiger partial charge in [-0.05, 0) is 68.8 Å². The number of nitrogens with two attached hydrogens (primary N) is 1. The van der Waals surface area contributed by atoms with E-state index in [0.717, 1.165) is 41.1 Å². The number of anilines is 1. The molecule has 1 aliphatic heterocycles. The zero-order valence-corrected chi connectivity index (χ0v) is 19.1. The minimum Gasteiger partial charge on any atom is -0.478 e. The molecule has 8 nitrogen and oxygen atoms in total. The Balaban J connectivity index is 0.000000350. The predicted molar refractivity (Wildman–Crippen MR) is 130 cm³/mol. The summed E-state index contributed by atoms with van der Waals surface area (Å²) in [7, 11) is 0. The van der Waals surface area contributed by atoms with Crippen LogP contribution in [0.1, 0.15) is 30.5 Å². The number of carboxylic acid groups (broad SMARTS) is 2. The van der Waals surface area contributed by atoms with Crippen LogP contribution in [0.3, 0.4) is 0 Å². The first kappa shape index (κ1) is 25.0. The number of nitrogens with zero attached hydrogens (tertiary/aromatic N) is 2. The minimum atomic E-state index is -1.26. The molecule has 0 radical (unpaired) electrons. The second kappa shape index (κ2) is 12.6. The molecule has 1 saturated heterocycles. The van der Waals surface area contributed by atoms with Gasteiger partial charge in [-0.1, -0.05) is 35.5 Å². The van der Waals surface area contributed by atoms with Crippen molar-refractivity contribution in [3.8, 4) is 0 Å². The third kappa shape index (κ3) is 8.04. The summed E-state index contributed by atoms with van der Waals surface area (Å²) in [5.41, 5.74) is 9.85. The summed E-state index contributed by atoms with van der Waals surface area (Å²) in [4.78, 5) is 21.7. The van der Waals surface area contributed by atoms with E-state index in [9.17, 15) is 9.59 Å². The number of piperidine rings is 1. The standard InChI is InChI=1S/C22H27N3O.C4H4O4/c23-19-7-8-20-21(24-26-22(20)16-19)9-6-18-11-14-25(15-12-18)13-10-17-4-2-1-3-5-17;5-3(6)1-2-4(7)8/h1-5,7-8,16,18H,6,9-15,23H2;1-2H,(H,5,6)(H,7,8)/b;2-1-. The number of nitrogen functional groups attached to an aromatic ring is 1. The van der Waals surface area contributed by atoms with Gasteiger partial charge in [0.15, 0.2) is 5.58 Å². The molecule has 1 aromatic heterocycles. The Morgan fingerprint density at radius 3 is 2.35 bits per heavy atom. The highest BCUT2D eigenvalue weighted by Gasteiger charge is 2.20. The number of likely N-dealkylation sites (tertiary alicyclic amines) is 1. The van der Waals surface area contributed by atoms with Gasteiger partial charge in [0.1, 0.15) is 0 Å². The van der Waals surface area contributed by atoms with Crippen molar-refractivity contribution in [1.29, 1.82) is 0 Å². The Bertz CT molecular complexity index is 1090. The zero-order valence-electron chi connectivity index (χ0n) is 19.1. The molecule has 180 valence electrons. The minimum absolute atomic E-state index is 0.558. The van der Waals surface area contributed by atoms with E-state index in [-0.39, 0.29) is 0 Å². The third-order valence-corrected chi connectivity index (χ3v) is 6.00. The summed E-state index contributed by atoms with van der Waals surface area (Å²) >= 11 is 0. The average molecular weight is 466 g/mol. The molecule has 0 unspecified atom stereocenters. The lowest BCUT2D eigenvalue weighted by Crippen LogP contribution is -2.35. The molecule has 4 N–H and O–H groups in total. The van der Waals surface area contributed by atoms with Crippen LogP contribution < -0.4 is 5.73 Å². The van der Waals surface area contributed by atoms with Gasteiger partial charge >= 0.3 is 11.9 Å². The molecule has 1 fully saturated rings. The van der Waals surface area contributed by atoms with Crippen molar-refractivity contribution in [1.82, 2.24) is 10.1 Å². The molecule has 0 atom stereocenters. The molecular formula is C26H31N3O5. The maximum atomic E-state index is 9.55. The second-order valence-electron chi connectivity index (χ2n) is 8.45. The first-order chi connectivity index (χ1) is 16.4. The number of aromatic nitrogens is 1. The smallest absolute Gasteiger partial charge is 0.328 e. The van der Waals surface area contributed by atoms with Crippen LogP contribution in [0, 0.1) is 5.92 Å². The van der Waals surface area contributed by atoms with Gasteiger partial charge in [0.25, 0.3) is 0 Å². The van der Waals surface area contributed by atoms with Crippen molar-refractivity contribution < 1.29 is 24.3 Å². The molecular weight excluding hydrogens is 434 g/mol. The van der Waals surface area contributed by atoms with Crippen LogP contribution in [0.25, 0.3) is 11.0 Å². The van der Waals surface area contributed by atoms with Crippen LogP contribution >= 0.6 is 0 Å². The lowest BCUT2D eigenvalue weighted by molar-refractivity contribution is -0.134. The maximum Gasteiger partial charge on any atom is 0.328 e. The van der Waals surface area contributed by atoms with Crippen LogP contribution in [0.2, 0.25) is 0 Å². The molecule has 0 aliphatic carbocycles. The van der Waals surface area contributed by atoms with Crippen molar-refractivity contribution in [2.45, 2.75) is 32.1 Å². The first-order valence-corrected chi connectivity index (χ1v) is 11.4. The highest BCUT2D eigenvalue weighted by atomic mass is 16.5. The quantitative estimate of drug-likeness (QED) is 0.336. The van der Waals surface area contributed by atoms with Crippen LogP contribution in [-0.2, 0) is 22.4 Å². The molecule has 34 heavy (non-hydrogen) atoms. The molecule has 4 rings (SSSR count). The van der Waals surface area contributed by atoms with Gasteiger partial charge in [-0.25, -0.2) is 9.59 Å². The highest BCUT2D eigenvalue weighted by Crippen LogP contribution is 2.26. The summed E-state index contributed by atoms with van der Waals surface area (Å²) in [5.74, 6) is -1.72. The number of hydrogen-bond donors (Lipinski definition) is 3. The normalized spacial score (nSPS) is 14.7. The van der Waals surface area contributed by atoms with Crippen molar-refractivity contribution in [3.63, 3.8) is 0 Å². The van der Waals surface area contributed by atoms with Gasteiger partial charge in [0.05, 0.1) is 5.69 Å². The number of fused-ring (bicyclic) bond motifs is 1. The molecule has 2 heterocycles. The Hall–Kier alpha value is -3.65. The van der Waals surface area contributed by atoms with E-state index in [1.54, 1.807) is 0 Å². The Morgan fingerprint density at radius 1 is 1.03 bits per heavy atom. The van der Waals surface area contributed by atoms with Crippen molar-refractivity contribution in [2.75, 3.05) is 25.4 Å². The predicted octanol–water partition coefficient (Wildman–Crippen LogP) is 4.01. The Morgan fingerprint density at radius 2 is 1.71 bits per heavy atom. The fourth-order valence-electron chi connectivity index (χ4n) is 4.10. The molecule has 2 aromatic carbocycles. The molecule has 1 aliphatic rings. The summed E-state index contributed by atoms with van der Waals surface area (Å²) in [6.07, 6.45) is 7.03. The van der Waals surface area contributed by atoms with E-state index < -0.39 is 11.9 Å². The van der Waals surface area contributed by atoms with Crippen LogP contribution in [-0.4, -0.2) is 51.8 Å². The van der Waals surface area contributed by atoms with Gasteiger partial charge in [-0.2, -0.15) is 0 Å². The summed E-state index contributed by atoms with van der Waals surface area (Å²) in [5, 5.41) is 21.0. The van der Waals surface area contributed by atoms with Crippen molar-refractivity contribution >= 4 is 28.6 Å². The van der Waals surface area contributed by atoms with Crippen LogP contribution in [0.4, 0.5) is 5.69 Å². The number of aryl methyl sites for hydroxylation is 1. The van der Waals surface area contributed by atoms with E-state index in [0.29, 0.717) is 12.2 Å². The number of hydrogen-bond acceptors (Lipinski definition) is 6. The van der Waals surface area contributed by atoms with Gasteiger partial charge in [-0.15, -0.1) is 0 Å². The van der Waals surface area contributed by atoms with Gasteiger partial charge in [-0.3, -0.25) is 0 Å².